The van der Waals surface area contributed by atoms with Gasteiger partial charge in [0.25, 0.3) is 8.32 Å². The number of halogens is 2. The fourth-order valence-electron chi connectivity index (χ4n) is 4.58. The molecule has 0 spiro atoms. The minimum absolute atomic E-state index is 0.0378. The van der Waals surface area contributed by atoms with Gasteiger partial charge in [0, 0.05) is 17.3 Å². The first-order chi connectivity index (χ1) is 15.5. The lowest BCUT2D eigenvalue weighted by molar-refractivity contribution is 0.400. The standard InChI is InChI=1S/C25H31F2N3O2Si/c1-15(2)33(16(3)4,17(5)6)32-24-12-20(31-7)11-21(25(24)27)23(14-29)30-19-9-8-18(13-28)22(26)10-19/h8-12,15-17,23,30H,1-7H3. The van der Waals surface area contributed by atoms with Gasteiger partial charge < -0.3 is 14.5 Å². The van der Waals surface area contributed by atoms with Gasteiger partial charge in [-0.05, 0) is 40.9 Å². The van der Waals surface area contributed by atoms with Gasteiger partial charge in [-0.15, -0.1) is 0 Å². The summed E-state index contributed by atoms with van der Waals surface area (Å²) in [6.07, 6.45) is 0. The normalized spacial score (nSPS) is 12.4. The van der Waals surface area contributed by atoms with Crippen molar-refractivity contribution < 1.29 is 17.9 Å². The van der Waals surface area contributed by atoms with Gasteiger partial charge in [0.15, 0.2) is 5.82 Å². The van der Waals surface area contributed by atoms with Crippen molar-refractivity contribution in [1.29, 1.82) is 10.5 Å². The zero-order valence-electron chi connectivity index (χ0n) is 20.2. The third-order valence-electron chi connectivity index (χ3n) is 6.11. The van der Waals surface area contributed by atoms with Crippen molar-refractivity contribution in [2.45, 2.75) is 64.2 Å². The molecule has 33 heavy (non-hydrogen) atoms. The number of anilines is 1. The summed E-state index contributed by atoms with van der Waals surface area (Å²) in [5.41, 5.74) is 0.831. The molecular weight excluding hydrogens is 440 g/mol. The maximum atomic E-state index is 15.8. The molecule has 8 heteroatoms. The summed E-state index contributed by atoms with van der Waals surface area (Å²) in [7, 11) is -1.01. The van der Waals surface area contributed by atoms with Gasteiger partial charge in [0.1, 0.15) is 29.4 Å². The van der Waals surface area contributed by atoms with Gasteiger partial charge in [-0.3, -0.25) is 0 Å². The Balaban J connectivity index is 2.56. The van der Waals surface area contributed by atoms with Gasteiger partial charge >= 0.3 is 0 Å². The molecule has 0 saturated carbocycles. The van der Waals surface area contributed by atoms with Gasteiger partial charge in [-0.1, -0.05) is 41.5 Å². The third kappa shape index (κ3) is 5.28. The van der Waals surface area contributed by atoms with Crippen LogP contribution >= 0.6 is 0 Å². The van der Waals surface area contributed by atoms with E-state index in [2.05, 4.69) is 46.9 Å². The van der Waals surface area contributed by atoms with Crippen molar-refractivity contribution in [1.82, 2.24) is 0 Å². The molecule has 0 aliphatic heterocycles. The van der Waals surface area contributed by atoms with Crippen molar-refractivity contribution in [2.24, 2.45) is 0 Å². The predicted octanol–water partition coefficient (Wildman–Crippen LogP) is 7.08. The number of nitriles is 2. The van der Waals surface area contributed by atoms with Crippen molar-refractivity contribution >= 4 is 14.0 Å². The predicted molar refractivity (Wildman–Crippen MR) is 128 cm³/mol. The van der Waals surface area contributed by atoms with E-state index in [-0.39, 0.29) is 39.2 Å². The van der Waals surface area contributed by atoms with E-state index in [1.807, 2.05) is 6.07 Å². The van der Waals surface area contributed by atoms with Crippen LogP contribution in [-0.4, -0.2) is 15.4 Å². The highest BCUT2D eigenvalue weighted by Crippen LogP contribution is 2.44. The van der Waals surface area contributed by atoms with E-state index in [9.17, 15) is 9.65 Å². The van der Waals surface area contributed by atoms with Crippen LogP contribution in [0.4, 0.5) is 14.5 Å². The van der Waals surface area contributed by atoms with Crippen LogP contribution in [0.3, 0.4) is 0 Å². The molecule has 2 aromatic carbocycles. The molecule has 0 aromatic heterocycles. The molecule has 5 nitrogen and oxygen atoms in total. The second-order valence-electron chi connectivity index (χ2n) is 8.96. The van der Waals surface area contributed by atoms with E-state index in [4.69, 9.17) is 14.4 Å². The van der Waals surface area contributed by atoms with Gasteiger partial charge in [-0.2, -0.15) is 10.5 Å². The average Bonchev–Trinajstić information content (AvgIpc) is 2.76. The molecule has 0 aliphatic rings. The lowest BCUT2D eigenvalue weighted by Gasteiger charge is -2.42. The maximum Gasteiger partial charge on any atom is 0.258 e. The fraction of sp³-hybridized carbons (Fsp3) is 0.440. The van der Waals surface area contributed by atoms with Crippen molar-refractivity contribution in [3.05, 3.63) is 53.1 Å². The van der Waals surface area contributed by atoms with Crippen LogP contribution in [-0.2, 0) is 0 Å². The average molecular weight is 472 g/mol. The number of hydrogen-bond donors (Lipinski definition) is 1. The molecule has 1 atom stereocenters. The maximum absolute atomic E-state index is 15.8. The molecule has 2 aromatic rings. The molecule has 0 amide bonds. The Morgan fingerprint density at radius 1 is 0.939 bits per heavy atom. The molecule has 0 bridgehead atoms. The minimum Gasteiger partial charge on any atom is -0.541 e. The smallest absolute Gasteiger partial charge is 0.258 e. The third-order valence-corrected chi connectivity index (χ3v) is 12.1. The van der Waals surface area contributed by atoms with E-state index in [1.165, 1.54) is 31.4 Å². The van der Waals surface area contributed by atoms with Crippen molar-refractivity contribution in [3.8, 4) is 23.6 Å². The summed E-state index contributed by atoms with van der Waals surface area (Å²) < 4.78 is 41.7. The van der Waals surface area contributed by atoms with Gasteiger partial charge in [0.05, 0.1) is 18.7 Å². The first-order valence-electron chi connectivity index (χ1n) is 10.9. The Labute approximate surface area is 196 Å². The summed E-state index contributed by atoms with van der Waals surface area (Å²) in [5, 5.41) is 21.5. The molecule has 1 unspecified atom stereocenters. The second kappa shape index (κ2) is 10.7. The zero-order valence-corrected chi connectivity index (χ0v) is 21.2. The molecule has 0 fully saturated rings. The van der Waals surface area contributed by atoms with Crippen LogP contribution in [0.15, 0.2) is 30.3 Å². The first kappa shape index (κ1) is 26.2. The van der Waals surface area contributed by atoms with E-state index < -0.39 is 26.0 Å². The molecule has 0 radical (unpaired) electrons. The molecule has 176 valence electrons. The number of ether oxygens (including phenoxy) is 1. The Kier molecular flexibility index (Phi) is 8.46. The number of nitrogens with one attached hydrogen (secondary N) is 1. The molecule has 0 saturated heterocycles. The number of methoxy groups -OCH3 is 1. The second-order valence-corrected chi connectivity index (χ2v) is 14.3. The number of benzene rings is 2. The summed E-state index contributed by atoms with van der Waals surface area (Å²) in [4.78, 5) is 0. The SMILES string of the molecule is COc1cc(O[Si](C(C)C)(C(C)C)C(C)C)c(F)c(C(C#N)Nc2ccc(C#N)c(F)c2)c1. The molecule has 1 N–H and O–H groups in total. The number of hydrogen-bond acceptors (Lipinski definition) is 5. The van der Waals surface area contributed by atoms with E-state index in [0.29, 0.717) is 5.75 Å². The molecule has 0 aliphatic carbocycles. The van der Waals surface area contributed by atoms with Crippen molar-refractivity contribution in [3.63, 3.8) is 0 Å². The minimum atomic E-state index is -2.47. The molecule has 0 heterocycles. The van der Waals surface area contributed by atoms with Crippen molar-refractivity contribution in [2.75, 3.05) is 12.4 Å². The summed E-state index contributed by atoms with van der Waals surface area (Å²) in [6.45, 7) is 12.6. The molecular formula is C25H31F2N3O2Si. The van der Waals surface area contributed by atoms with Gasteiger partial charge in [-0.25, -0.2) is 8.78 Å². The lowest BCUT2D eigenvalue weighted by atomic mass is 10.1. The fourth-order valence-corrected chi connectivity index (χ4v) is 9.82. The monoisotopic (exact) mass is 471 g/mol. The lowest BCUT2D eigenvalue weighted by Crippen LogP contribution is -2.50. The quantitative estimate of drug-likeness (QED) is 0.396. The van der Waals surface area contributed by atoms with E-state index >= 15 is 4.39 Å². The van der Waals surface area contributed by atoms with E-state index in [0.717, 1.165) is 6.07 Å². The number of nitrogens with zero attached hydrogens (tertiary/aromatic N) is 2. The zero-order chi connectivity index (χ0) is 24.9. The Hall–Kier alpha value is -3.10. The van der Waals surface area contributed by atoms with Gasteiger partial charge in [0.2, 0.25) is 0 Å². The highest BCUT2D eigenvalue weighted by atomic mass is 28.4. The van der Waals surface area contributed by atoms with Crippen LogP contribution < -0.4 is 14.5 Å². The van der Waals surface area contributed by atoms with Crippen LogP contribution in [0, 0.1) is 34.3 Å². The summed E-state index contributed by atoms with van der Waals surface area (Å²) in [5.74, 6) is -0.965. The van der Waals surface area contributed by atoms with Crippen LogP contribution in [0.5, 0.6) is 11.5 Å². The topological polar surface area (TPSA) is 78.1 Å². The Bertz CT molecular complexity index is 1050. The van der Waals surface area contributed by atoms with Crippen LogP contribution in [0.1, 0.15) is 58.7 Å². The van der Waals surface area contributed by atoms with E-state index in [1.54, 1.807) is 6.07 Å². The highest BCUT2D eigenvalue weighted by Gasteiger charge is 2.47. The largest absolute Gasteiger partial charge is 0.541 e. The number of rotatable bonds is 9. The Morgan fingerprint density at radius 2 is 1.55 bits per heavy atom. The summed E-state index contributed by atoms with van der Waals surface area (Å²) in [6, 6.07) is 9.46. The first-order valence-corrected chi connectivity index (χ1v) is 13.1. The summed E-state index contributed by atoms with van der Waals surface area (Å²) >= 11 is 0. The van der Waals surface area contributed by atoms with Crippen LogP contribution in [0.2, 0.25) is 16.6 Å². The molecule has 2 rings (SSSR count). The Morgan fingerprint density at radius 3 is 2.00 bits per heavy atom. The van der Waals surface area contributed by atoms with Crippen LogP contribution in [0.25, 0.3) is 0 Å². The highest BCUT2D eigenvalue weighted by molar-refractivity contribution is 6.78.